The smallest absolute Gasteiger partial charge is 0.161 e. The third kappa shape index (κ3) is 3.54. The highest BCUT2D eigenvalue weighted by Gasteiger charge is 2.32. The Morgan fingerprint density at radius 1 is 1.34 bits per heavy atom. The van der Waals surface area contributed by atoms with Crippen molar-refractivity contribution in [3.63, 3.8) is 0 Å². The molecule has 0 saturated carbocycles. The number of carbonyl (C=O) groups is 1. The van der Waals surface area contributed by atoms with E-state index in [0.717, 1.165) is 17.2 Å². The quantitative estimate of drug-likeness (QED) is 0.594. The first kappa shape index (κ1) is 19.6. The molecule has 0 N–H and O–H groups in total. The maximum Gasteiger partial charge on any atom is 0.161 e. The number of hydrogen-bond acceptors (Lipinski definition) is 6. The van der Waals surface area contributed by atoms with Gasteiger partial charge in [0, 0.05) is 43.3 Å². The zero-order valence-electron chi connectivity index (χ0n) is 16.1. The molecule has 0 spiro atoms. The van der Waals surface area contributed by atoms with E-state index in [-0.39, 0.29) is 11.1 Å². The summed E-state index contributed by atoms with van der Waals surface area (Å²) in [6.07, 6.45) is 5.45. The summed E-state index contributed by atoms with van der Waals surface area (Å²) in [5.74, 6) is 0.0342. The van der Waals surface area contributed by atoms with E-state index < -0.39 is 12.0 Å². The van der Waals surface area contributed by atoms with E-state index in [2.05, 4.69) is 15.0 Å². The Morgan fingerprint density at radius 2 is 2.17 bits per heavy atom. The zero-order chi connectivity index (χ0) is 20.5. The lowest BCUT2D eigenvalue weighted by atomic mass is 10.1. The molecule has 1 aliphatic heterocycles. The molecular weight excluding hydrogens is 397 g/mol. The van der Waals surface area contributed by atoms with Crippen LogP contribution in [0, 0.1) is 5.82 Å². The van der Waals surface area contributed by atoms with Gasteiger partial charge in [0.25, 0.3) is 0 Å². The molecule has 0 bridgehead atoms. The van der Waals surface area contributed by atoms with Gasteiger partial charge in [-0.1, -0.05) is 11.6 Å². The Hall–Kier alpha value is -2.71. The molecule has 9 heteroatoms. The Bertz CT molecular complexity index is 1040. The number of aldehydes is 1. The summed E-state index contributed by atoms with van der Waals surface area (Å²) in [5, 5.41) is 5.56. The largest absolute Gasteiger partial charge is 0.495 e. The molecule has 1 saturated heterocycles. The van der Waals surface area contributed by atoms with Crippen LogP contribution in [-0.2, 0) is 4.79 Å². The summed E-state index contributed by atoms with van der Waals surface area (Å²) in [7, 11) is 1.50. The Morgan fingerprint density at radius 3 is 2.90 bits per heavy atom. The molecule has 0 amide bonds. The van der Waals surface area contributed by atoms with Crippen molar-refractivity contribution >= 4 is 34.5 Å². The molecular formula is C20H21ClFN5O2. The fraction of sp³-hybridized carbons (Fsp3) is 0.350. The first-order chi connectivity index (χ1) is 14.0. The number of halogens is 2. The summed E-state index contributed by atoms with van der Waals surface area (Å²) in [5.41, 5.74) is 1.24. The van der Waals surface area contributed by atoms with Gasteiger partial charge in [-0.3, -0.25) is 14.7 Å². The van der Waals surface area contributed by atoms with Crippen LogP contribution < -0.4 is 9.64 Å². The second kappa shape index (κ2) is 7.96. The molecule has 4 rings (SSSR count). The van der Waals surface area contributed by atoms with Crippen molar-refractivity contribution in [1.29, 1.82) is 0 Å². The van der Waals surface area contributed by atoms with Crippen LogP contribution in [0.2, 0.25) is 5.02 Å². The minimum absolute atomic E-state index is 0.0176. The summed E-state index contributed by atoms with van der Waals surface area (Å²) < 4.78 is 21.4. The molecule has 2 atom stereocenters. The Labute approximate surface area is 172 Å². The van der Waals surface area contributed by atoms with E-state index in [0.29, 0.717) is 31.1 Å². The topological polar surface area (TPSA) is 63.5 Å². The van der Waals surface area contributed by atoms with Gasteiger partial charge in [-0.2, -0.15) is 5.10 Å². The molecule has 3 heterocycles. The maximum atomic E-state index is 14.5. The molecule has 1 aromatic carbocycles. The number of fused-ring (bicyclic) bond motifs is 1. The number of anilines is 1. The van der Waals surface area contributed by atoms with Crippen LogP contribution >= 0.6 is 11.6 Å². The van der Waals surface area contributed by atoms with Gasteiger partial charge in [-0.05, 0) is 19.1 Å². The second-order valence-corrected chi connectivity index (χ2v) is 7.45. The minimum atomic E-state index is -0.557. The number of rotatable bonds is 5. The van der Waals surface area contributed by atoms with Crippen molar-refractivity contribution < 1.29 is 13.9 Å². The SMILES string of the molecule is COc1cc(N2CCN(C(C=O)n3ncc4ccncc43)[C@@H](C)C2)c(F)cc1Cl. The Balaban J connectivity index is 1.58. The van der Waals surface area contributed by atoms with E-state index >= 15 is 0 Å². The number of pyridine rings is 1. The van der Waals surface area contributed by atoms with Gasteiger partial charge in [0.1, 0.15) is 11.6 Å². The summed E-state index contributed by atoms with van der Waals surface area (Å²) in [4.78, 5) is 20.1. The maximum absolute atomic E-state index is 14.5. The fourth-order valence-corrected chi connectivity index (χ4v) is 4.10. The number of aromatic nitrogens is 3. The van der Waals surface area contributed by atoms with Gasteiger partial charge < -0.3 is 9.64 Å². The van der Waals surface area contributed by atoms with Gasteiger partial charge in [0.05, 0.1) is 35.7 Å². The lowest BCUT2D eigenvalue weighted by Gasteiger charge is -2.43. The Kier molecular flexibility index (Phi) is 5.38. The van der Waals surface area contributed by atoms with Gasteiger partial charge >= 0.3 is 0 Å². The van der Waals surface area contributed by atoms with Crippen LogP contribution in [-0.4, -0.2) is 58.7 Å². The number of carbonyl (C=O) groups excluding carboxylic acids is 1. The molecule has 152 valence electrons. The predicted molar refractivity (Wildman–Crippen MR) is 109 cm³/mol. The number of piperazine rings is 1. The molecule has 0 aliphatic carbocycles. The highest BCUT2D eigenvalue weighted by molar-refractivity contribution is 6.32. The highest BCUT2D eigenvalue weighted by atomic mass is 35.5. The third-order valence-electron chi connectivity index (χ3n) is 5.35. The fourth-order valence-electron chi connectivity index (χ4n) is 3.87. The number of hydrogen-bond donors (Lipinski definition) is 0. The monoisotopic (exact) mass is 417 g/mol. The van der Waals surface area contributed by atoms with E-state index in [4.69, 9.17) is 16.3 Å². The normalized spacial score (nSPS) is 18.8. The van der Waals surface area contributed by atoms with Crippen LogP contribution in [0.4, 0.5) is 10.1 Å². The first-order valence-electron chi connectivity index (χ1n) is 9.29. The van der Waals surface area contributed by atoms with E-state index in [1.54, 1.807) is 29.3 Å². The van der Waals surface area contributed by atoms with Crippen LogP contribution in [0.1, 0.15) is 13.1 Å². The summed E-state index contributed by atoms with van der Waals surface area (Å²) in [6.45, 7) is 3.67. The van der Waals surface area contributed by atoms with Gasteiger partial charge in [0.2, 0.25) is 0 Å². The zero-order valence-corrected chi connectivity index (χ0v) is 16.9. The molecule has 0 radical (unpaired) electrons. The lowest BCUT2D eigenvalue weighted by Crippen LogP contribution is -2.54. The van der Waals surface area contributed by atoms with Crippen LogP contribution in [0.5, 0.6) is 5.75 Å². The lowest BCUT2D eigenvalue weighted by molar-refractivity contribution is -0.117. The van der Waals surface area contributed by atoms with E-state index in [1.807, 2.05) is 17.9 Å². The van der Waals surface area contributed by atoms with Crippen molar-refractivity contribution in [3.8, 4) is 5.75 Å². The third-order valence-corrected chi connectivity index (χ3v) is 5.65. The predicted octanol–water partition coefficient (Wildman–Crippen LogP) is 3.14. The second-order valence-electron chi connectivity index (χ2n) is 7.04. The van der Waals surface area contributed by atoms with Gasteiger partial charge in [0.15, 0.2) is 12.5 Å². The van der Waals surface area contributed by atoms with Crippen LogP contribution in [0.25, 0.3) is 10.9 Å². The van der Waals surface area contributed by atoms with Crippen LogP contribution in [0.15, 0.2) is 36.8 Å². The van der Waals surface area contributed by atoms with Crippen LogP contribution in [0.3, 0.4) is 0 Å². The highest BCUT2D eigenvalue weighted by Crippen LogP contribution is 2.34. The number of benzene rings is 1. The van der Waals surface area contributed by atoms with E-state index in [1.165, 1.54) is 13.2 Å². The van der Waals surface area contributed by atoms with Crippen molar-refractivity contribution in [2.24, 2.45) is 0 Å². The summed E-state index contributed by atoms with van der Waals surface area (Å²) in [6, 6.07) is 4.72. The summed E-state index contributed by atoms with van der Waals surface area (Å²) >= 11 is 6.01. The average molecular weight is 418 g/mol. The molecule has 1 aliphatic rings. The molecule has 3 aromatic rings. The number of nitrogens with zero attached hydrogens (tertiary/aromatic N) is 5. The average Bonchev–Trinajstić information content (AvgIpc) is 3.14. The van der Waals surface area contributed by atoms with Gasteiger partial charge in [-0.25, -0.2) is 9.07 Å². The number of ether oxygens (including phenoxy) is 1. The first-order valence-corrected chi connectivity index (χ1v) is 9.67. The molecule has 7 nitrogen and oxygen atoms in total. The van der Waals surface area contributed by atoms with Gasteiger partial charge in [-0.15, -0.1) is 0 Å². The molecule has 29 heavy (non-hydrogen) atoms. The standard InChI is InChI=1S/C20H21ClFN5O2/c1-13-11-25(17-8-19(29-2)15(21)7-16(17)22)5-6-26(13)20(12-28)27-18-10-23-4-3-14(18)9-24-27/h3-4,7-10,12-13,20H,5-6,11H2,1-2H3/t13-,20?/m0/s1. The van der Waals surface area contributed by atoms with Crippen molar-refractivity contribution in [3.05, 3.63) is 47.6 Å². The van der Waals surface area contributed by atoms with Crippen molar-refractivity contribution in [1.82, 2.24) is 19.7 Å². The van der Waals surface area contributed by atoms with E-state index in [9.17, 15) is 9.18 Å². The molecule has 1 unspecified atom stereocenters. The molecule has 1 fully saturated rings. The molecule has 2 aromatic heterocycles. The van der Waals surface area contributed by atoms with Crippen molar-refractivity contribution in [2.45, 2.75) is 19.1 Å². The van der Waals surface area contributed by atoms with Crippen molar-refractivity contribution in [2.75, 3.05) is 31.6 Å². The minimum Gasteiger partial charge on any atom is -0.495 e. The number of methoxy groups -OCH3 is 1.